The average molecular weight is 222 g/mol. The molecule has 0 heterocycles. The zero-order valence-corrected chi connectivity index (χ0v) is 9.27. The number of carboxylic acids is 1. The molecule has 0 amide bonds. The van der Waals surface area contributed by atoms with Gasteiger partial charge >= 0.3 is 5.97 Å². The van der Waals surface area contributed by atoms with E-state index in [1.165, 1.54) is 19.2 Å². The second-order valence-electron chi connectivity index (χ2n) is 3.65. The highest BCUT2D eigenvalue weighted by atomic mass is 16.5. The van der Waals surface area contributed by atoms with Gasteiger partial charge in [-0.05, 0) is 24.1 Å². The van der Waals surface area contributed by atoms with Crippen molar-refractivity contribution < 1.29 is 19.4 Å². The summed E-state index contributed by atoms with van der Waals surface area (Å²) in [6.45, 7) is 1.80. The lowest BCUT2D eigenvalue weighted by molar-refractivity contribution is -0.110. The van der Waals surface area contributed by atoms with Gasteiger partial charge in [-0.3, -0.25) is 0 Å². The summed E-state index contributed by atoms with van der Waals surface area (Å²) in [6.07, 6.45) is 1.41. The van der Waals surface area contributed by atoms with Crippen molar-refractivity contribution >= 4 is 12.3 Å². The summed E-state index contributed by atoms with van der Waals surface area (Å²) in [5.74, 6) is -0.591. The molecule has 1 unspecified atom stereocenters. The van der Waals surface area contributed by atoms with Crippen LogP contribution in [-0.2, 0) is 11.2 Å². The monoisotopic (exact) mass is 222 g/mol. The number of hydrogen-bond donors (Lipinski definition) is 1. The van der Waals surface area contributed by atoms with E-state index in [9.17, 15) is 9.59 Å². The average Bonchev–Trinajstić information content (AvgIpc) is 2.29. The highest BCUT2D eigenvalue weighted by molar-refractivity contribution is 5.88. The maximum absolute atomic E-state index is 10.7. The highest BCUT2D eigenvalue weighted by Gasteiger charge is 2.11. The number of aromatic carboxylic acids is 1. The minimum atomic E-state index is -0.992. The van der Waals surface area contributed by atoms with Crippen LogP contribution >= 0.6 is 0 Å². The third-order valence-electron chi connectivity index (χ3n) is 2.31. The van der Waals surface area contributed by atoms with Gasteiger partial charge in [-0.15, -0.1) is 0 Å². The van der Waals surface area contributed by atoms with Crippen molar-refractivity contribution in [3.8, 4) is 5.75 Å². The van der Waals surface area contributed by atoms with Gasteiger partial charge in [0.2, 0.25) is 0 Å². The van der Waals surface area contributed by atoms with E-state index in [0.29, 0.717) is 12.2 Å². The van der Waals surface area contributed by atoms with Crippen molar-refractivity contribution in [1.29, 1.82) is 0 Å². The van der Waals surface area contributed by atoms with Crippen molar-refractivity contribution in [3.63, 3.8) is 0 Å². The van der Waals surface area contributed by atoms with Crippen LogP contribution in [0.4, 0.5) is 0 Å². The Bertz CT molecular complexity index is 398. The van der Waals surface area contributed by atoms with Crippen LogP contribution in [-0.4, -0.2) is 24.5 Å². The van der Waals surface area contributed by atoms with Gasteiger partial charge in [0, 0.05) is 5.92 Å². The van der Waals surface area contributed by atoms with E-state index in [0.717, 1.165) is 11.8 Å². The topological polar surface area (TPSA) is 63.6 Å². The molecule has 0 fully saturated rings. The standard InChI is InChI=1S/C12H14O4/c1-8(7-13)5-9-3-4-10(12(14)15)6-11(9)16-2/h3-4,6-8H,5H2,1-2H3,(H,14,15). The molecule has 0 spiro atoms. The summed E-state index contributed by atoms with van der Waals surface area (Å²) in [4.78, 5) is 21.3. The van der Waals surface area contributed by atoms with Crippen LogP contribution in [0.5, 0.6) is 5.75 Å². The van der Waals surface area contributed by atoms with Gasteiger partial charge in [0.15, 0.2) is 0 Å². The van der Waals surface area contributed by atoms with Crippen molar-refractivity contribution in [2.75, 3.05) is 7.11 Å². The van der Waals surface area contributed by atoms with Crippen molar-refractivity contribution in [1.82, 2.24) is 0 Å². The first kappa shape index (κ1) is 12.2. The molecule has 0 radical (unpaired) electrons. The van der Waals surface area contributed by atoms with E-state index < -0.39 is 5.97 Å². The zero-order valence-electron chi connectivity index (χ0n) is 9.27. The highest BCUT2D eigenvalue weighted by Crippen LogP contribution is 2.22. The Balaban J connectivity index is 3.01. The molecule has 16 heavy (non-hydrogen) atoms. The molecular weight excluding hydrogens is 208 g/mol. The third kappa shape index (κ3) is 2.82. The largest absolute Gasteiger partial charge is 0.496 e. The summed E-state index contributed by atoms with van der Waals surface area (Å²) < 4.78 is 5.10. The SMILES string of the molecule is COc1cc(C(=O)O)ccc1CC(C)C=O. The smallest absolute Gasteiger partial charge is 0.335 e. The molecule has 4 heteroatoms. The molecule has 0 aliphatic heterocycles. The van der Waals surface area contributed by atoms with Crippen molar-refractivity contribution in [2.24, 2.45) is 5.92 Å². The van der Waals surface area contributed by atoms with Crippen LogP contribution in [0.2, 0.25) is 0 Å². The number of aldehydes is 1. The van der Waals surface area contributed by atoms with E-state index in [1.54, 1.807) is 13.0 Å². The third-order valence-corrected chi connectivity index (χ3v) is 2.31. The maximum atomic E-state index is 10.7. The summed E-state index contributed by atoms with van der Waals surface area (Å²) in [7, 11) is 1.48. The molecule has 0 aliphatic rings. The van der Waals surface area contributed by atoms with E-state index in [4.69, 9.17) is 9.84 Å². The molecule has 1 aromatic rings. The number of hydrogen-bond acceptors (Lipinski definition) is 3. The lowest BCUT2D eigenvalue weighted by Gasteiger charge is -2.10. The van der Waals surface area contributed by atoms with E-state index in [-0.39, 0.29) is 11.5 Å². The van der Waals surface area contributed by atoms with Crippen LogP contribution in [0.1, 0.15) is 22.8 Å². The molecule has 0 saturated carbocycles. The number of ether oxygens (including phenoxy) is 1. The minimum Gasteiger partial charge on any atom is -0.496 e. The molecule has 1 rings (SSSR count). The Morgan fingerprint density at radius 1 is 1.56 bits per heavy atom. The van der Waals surface area contributed by atoms with E-state index in [1.807, 2.05) is 0 Å². The second kappa shape index (κ2) is 5.30. The maximum Gasteiger partial charge on any atom is 0.335 e. The first-order chi connectivity index (χ1) is 7.58. The van der Waals surface area contributed by atoms with Gasteiger partial charge in [0.25, 0.3) is 0 Å². The molecule has 86 valence electrons. The first-order valence-corrected chi connectivity index (χ1v) is 4.94. The molecule has 1 atom stereocenters. The van der Waals surface area contributed by atoms with Crippen LogP contribution in [0.15, 0.2) is 18.2 Å². The van der Waals surface area contributed by atoms with Gasteiger partial charge in [-0.2, -0.15) is 0 Å². The normalized spacial score (nSPS) is 11.9. The van der Waals surface area contributed by atoms with Crippen LogP contribution in [0.25, 0.3) is 0 Å². The van der Waals surface area contributed by atoms with Crippen molar-refractivity contribution in [2.45, 2.75) is 13.3 Å². The Kier molecular flexibility index (Phi) is 4.05. The minimum absolute atomic E-state index is 0.107. The Morgan fingerprint density at radius 2 is 2.25 bits per heavy atom. The zero-order chi connectivity index (χ0) is 12.1. The van der Waals surface area contributed by atoms with Crippen LogP contribution < -0.4 is 4.74 Å². The molecule has 0 aliphatic carbocycles. The molecule has 1 aromatic carbocycles. The number of carbonyl (C=O) groups is 2. The van der Waals surface area contributed by atoms with Crippen LogP contribution in [0, 0.1) is 5.92 Å². The predicted molar refractivity (Wildman–Crippen MR) is 58.9 cm³/mol. The Labute approximate surface area is 93.9 Å². The lowest BCUT2D eigenvalue weighted by atomic mass is 10.00. The molecule has 0 bridgehead atoms. The number of carbonyl (C=O) groups excluding carboxylic acids is 1. The fourth-order valence-corrected chi connectivity index (χ4v) is 1.44. The lowest BCUT2D eigenvalue weighted by Crippen LogP contribution is -2.04. The first-order valence-electron chi connectivity index (χ1n) is 4.94. The second-order valence-corrected chi connectivity index (χ2v) is 3.65. The van der Waals surface area contributed by atoms with Gasteiger partial charge in [-0.1, -0.05) is 13.0 Å². The number of benzene rings is 1. The molecule has 1 N–H and O–H groups in total. The molecular formula is C12H14O4. The van der Waals surface area contributed by atoms with Gasteiger partial charge in [-0.25, -0.2) is 4.79 Å². The molecule has 0 aromatic heterocycles. The fraction of sp³-hybridized carbons (Fsp3) is 0.333. The molecule has 0 saturated heterocycles. The van der Waals surface area contributed by atoms with E-state index >= 15 is 0 Å². The summed E-state index contributed by atoms with van der Waals surface area (Å²) in [6, 6.07) is 4.66. The quantitative estimate of drug-likeness (QED) is 0.771. The summed E-state index contributed by atoms with van der Waals surface area (Å²) in [5.41, 5.74) is 1.02. The fourth-order valence-electron chi connectivity index (χ4n) is 1.44. The summed E-state index contributed by atoms with van der Waals surface area (Å²) in [5, 5.41) is 8.81. The van der Waals surface area contributed by atoms with Crippen LogP contribution in [0.3, 0.4) is 0 Å². The predicted octanol–water partition coefficient (Wildman–Crippen LogP) is 1.77. The van der Waals surface area contributed by atoms with Gasteiger partial charge < -0.3 is 14.6 Å². The Hall–Kier alpha value is -1.84. The van der Waals surface area contributed by atoms with E-state index in [2.05, 4.69) is 0 Å². The Morgan fingerprint density at radius 3 is 2.75 bits per heavy atom. The number of methoxy groups -OCH3 is 1. The summed E-state index contributed by atoms with van der Waals surface area (Å²) >= 11 is 0. The van der Waals surface area contributed by atoms with Crippen molar-refractivity contribution in [3.05, 3.63) is 29.3 Å². The molecule has 4 nitrogen and oxygen atoms in total. The number of rotatable bonds is 5. The number of carboxylic acid groups (broad SMARTS) is 1. The van der Waals surface area contributed by atoms with Gasteiger partial charge in [0.05, 0.1) is 12.7 Å². The van der Waals surface area contributed by atoms with Gasteiger partial charge in [0.1, 0.15) is 12.0 Å².